The number of rotatable bonds is 6. The minimum atomic E-state index is 0.0198. The highest BCUT2D eigenvalue weighted by Crippen LogP contribution is 2.26. The Morgan fingerprint density at radius 1 is 0.926 bits per heavy atom. The highest BCUT2D eigenvalue weighted by Gasteiger charge is 2.06. The highest BCUT2D eigenvalue weighted by atomic mass is 16.5. The van der Waals surface area contributed by atoms with Crippen molar-refractivity contribution in [3.8, 4) is 11.5 Å². The molecule has 0 bridgehead atoms. The summed E-state index contributed by atoms with van der Waals surface area (Å²) < 4.78 is 4.92. The van der Waals surface area contributed by atoms with Crippen molar-refractivity contribution in [3.63, 3.8) is 0 Å². The SMILES string of the molecule is O=COc1ccccc1NN=C(N=Nc1ccccc1O)c1ccccc1. The van der Waals surface area contributed by atoms with E-state index in [2.05, 4.69) is 20.8 Å². The molecule has 0 unspecified atom stereocenters. The average molecular weight is 360 g/mol. The first kappa shape index (κ1) is 17.8. The lowest BCUT2D eigenvalue weighted by Crippen LogP contribution is -2.02. The largest absolute Gasteiger partial charge is 0.506 e. The fraction of sp³-hybridized carbons (Fsp3) is 0. The molecule has 3 aromatic carbocycles. The van der Waals surface area contributed by atoms with Crippen LogP contribution in [0.2, 0.25) is 0 Å². The van der Waals surface area contributed by atoms with E-state index in [0.717, 1.165) is 5.56 Å². The van der Waals surface area contributed by atoms with Gasteiger partial charge in [0.1, 0.15) is 11.4 Å². The second kappa shape index (κ2) is 8.91. The van der Waals surface area contributed by atoms with E-state index in [1.807, 2.05) is 30.3 Å². The van der Waals surface area contributed by atoms with Crippen molar-refractivity contribution in [2.45, 2.75) is 0 Å². The normalized spacial score (nSPS) is 11.3. The fourth-order valence-electron chi connectivity index (χ4n) is 2.21. The summed E-state index contributed by atoms with van der Waals surface area (Å²) in [6, 6.07) is 22.7. The van der Waals surface area contributed by atoms with Gasteiger partial charge in [-0.05, 0) is 24.3 Å². The Labute approximate surface area is 155 Å². The predicted molar refractivity (Wildman–Crippen MR) is 102 cm³/mol. The minimum absolute atomic E-state index is 0.0198. The molecule has 0 aliphatic rings. The third-order valence-corrected chi connectivity index (χ3v) is 3.51. The predicted octanol–water partition coefficient (Wildman–Crippen LogP) is 4.49. The number of anilines is 1. The molecule has 0 spiro atoms. The summed E-state index contributed by atoms with van der Waals surface area (Å²) >= 11 is 0. The van der Waals surface area contributed by atoms with E-state index in [-0.39, 0.29) is 5.75 Å². The third-order valence-electron chi connectivity index (χ3n) is 3.51. The number of aromatic hydroxyl groups is 1. The molecule has 0 aliphatic heterocycles. The molecule has 0 heterocycles. The summed E-state index contributed by atoms with van der Waals surface area (Å²) in [6.07, 6.45) is 0. The molecule has 7 nitrogen and oxygen atoms in total. The van der Waals surface area contributed by atoms with E-state index in [9.17, 15) is 9.90 Å². The Morgan fingerprint density at radius 3 is 2.41 bits per heavy atom. The number of carbonyl (C=O) groups excluding carboxylic acids is 1. The number of phenols is 1. The van der Waals surface area contributed by atoms with Crippen LogP contribution in [0.25, 0.3) is 0 Å². The molecule has 3 rings (SSSR count). The number of carbonyl (C=O) groups is 1. The highest BCUT2D eigenvalue weighted by molar-refractivity contribution is 5.99. The van der Waals surface area contributed by atoms with Gasteiger partial charge in [0.25, 0.3) is 6.47 Å². The molecule has 0 saturated carbocycles. The van der Waals surface area contributed by atoms with Gasteiger partial charge in [-0.25, -0.2) is 0 Å². The van der Waals surface area contributed by atoms with Gasteiger partial charge in [-0.1, -0.05) is 54.6 Å². The second-order valence-corrected chi connectivity index (χ2v) is 5.31. The number of nitrogens with zero attached hydrogens (tertiary/aromatic N) is 3. The molecule has 134 valence electrons. The summed E-state index contributed by atoms with van der Waals surface area (Å²) in [4.78, 5) is 10.6. The van der Waals surface area contributed by atoms with Gasteiger partial charge < -0.3 is 9.84 Å². The van der Waals surface area contributed by atoms with Crippen LogP contribution in [0.5, 0.6) is 11.5 Å². The van der Waals surface area contributed by atoms with Crippen LogP contribution in [0.4, 0.5) is 11.4 Å². The van der Waals surface area contributed by atoms with Crippen molar-refractivity contribution >= 4 is 23.7 Å². The van der Waals surface area contributed by atoms with E-state index in [1.54, 1.807) is 42.5 Å². The van der Waals surface area contributed by atoms with Crippen LogP contribution in [0, 0.1) is 0 Å². The third kappa shape index (κ3) is 4.76. The average Bonchev–Trinajstić information content (AvgIpc) is 2.71. The number of para-hydroxylation sites is 3. The molecule has 3 aromatic rings. The lowest BCUT2D eigenvalue weighted by molar-refractivity contribution is -0.120. The van der Waals surface area contributed by atoms with Gasteiger partial charge in [0.15, 0.2) is 5.75 Å². The van der Waals surface area contributed by atoms with Gasteiger partial charge in [0, 0.05) is 5.56 Å². The Morgan fingerprint density at radius 2 is 1.63 bits per heavy atom. The smallest absolute Gasteiger partial charge is 0.298 e. The van der Waals surface area contributed by atoms with Gasteiger partial charge in [0.2, 0.25) is 5.84 Å². The maximum Gasteiger partial charge on any atom is 0.298 e. The molecule has 0 radical (unpaired) electrons. The monoisotopic (exact) mass is 360 g/mol. The molecular formula is C20H16N4O3. The topological polar surface area (TPSA) is 95.6 Å². The van der Waals surface area contributed by atoms with Gasteiger partial charge >= 0.3 is 0 Å². The Bertz CT molecular complexity index is 972. The zero-order valence-electron chi connectivity index (χ0n) is 14.2. The van der Waals surface area contributed by atoms with E-state index in [0.29, 0.717) is 29.4 Å². The molecule has 7 heteroatoms. The number of phenolic OH excluding ortho intramolecular Hbond substituents is 1. The Kier molecular flexibility index (Phi) is 5.88. The summed E-state index contributed by atoms with van der Waals surface area (Å²) in [5.41, 5.74) is 4.38. The van der Waals surface area contributed by atoms with Crippen LogP contribution in [-0.2, 0) is 4.79 Å². The maximum absolute atomic E-state index is 10.6. The Balaban J connectivity index is 1.92. The Hall–Kier alpha value is -4.00. The molecule has 0 saturated heterocycles. The summed E-state index contributed by atoms with van der Waals surface area (Å²) in [7, 11) is 0. The molecule has 0 aromatic heterocycles. The summed E-state index contributed by atoms with van der Waals surface area (Å²) in [5, 5.41) is 22.3. The zero-order valence-corrected chi connectivity index (χ0v) is 14.2. The number of hydrazone groups is 1. The number of hydrogen-bond donors (Lipinski definition) is 2. The van der Waals surface area contributed by atoms with Crippen LogP contribution in [0.1, 0.15) is 5.56 Å². The molecule has 27 heavy (non-hydrogen) atoms. The van der Waals surface area contributed by atoms with Crippen LogP contribution < -0.4 is 10.2 Å². The van der Waals surface area contributed by atoms with Crippen molar-refractivity contribution in [3.05, 3.63) is 84.4 Å². The fourth-order valence-corrected chi connectivity index (χ4v) is 2.21. The van der Waals surface area contributed by atoms with Crippen LogP contribution in [0.15, 0.2) is 94.2 Å². The molecule has 0 amide bonds. The number of nitrogens with one attached hydrogen (secondary N) is 1. The van der Waals surface area contributed by atoms with Crippen molar-refractivity contribution in [2.24, 2.45) is 15.3 Å². The number of hydrogen-bond acceptors (Lipinski definition) is 6. The van der Waals surface area contributed by atoms with Crippen molar-refractivity contribution in [2.75, 3.05) is 5.43 Å². The van der Waals surface area contributed by atoms with Gasteiger partial charge in [-0.3, -0.25) is 10.2 Å². The van der Waals surface area contributed by atoms with Gasteiger partial charge in [0.05, 0.1) is 5.69 Å². The molecule has 0 fully saturated rings. The van der Waals surface area contributed by atoms with Crippen LogP contribution >= 0.6 is 0 Å². The first-order valence-electron chi connectivity index (χ1n) is 8.06. The number of amidine groups is 1. The van der Waals surface area contributed by atoms with Crippen molar-refractivity contribution in [1.29, 1.82) is 0 Å². The number of benzene rings is 3. The van der Waals surface area contributed by atoms with Gasteiger partial charge in [-0.15, -0.1) is 10.2 Å². The maximum atomic E-state index is 10.6. The first-order valence-corrected chi connectivity index (χ1v) is 8.06. The molecule has 0 atom stereocenters. The van der Waals surface area contributed by atoms with Gasteiger partial charge in [-0.2, -0.15) is 5.10 Å². The van der Waals surface area contributed by atoms with Crippen LogP contribution in [-0.4, -0.2) is 17.4 Å². The number of ether oxygens (including phenoxy) is 1. The standard InChI is InChI=1S/C20H16N4O3/c25-14-27-19-13-7-5-11-17(19)22-24-20(15-8-2-1-3-9-15)23-21-16-10-4-6-12-18(16)26/h1-14,22,26H. The molecule has 0 aliphatic carbocycles. The zero-order chi connectivity index (χ0) is 18.9. The lowest BCUT2D eigenvalue weighted by atomic mass is 10.2. The molecule has 2 N–H and O–H groups in total. The quantitative estimate of drug-likeness (QED) is 0.223. The van der Waals surface area contributed by atoms with E-state index in [4.69, 9.17) is 4.74 Å². The lowest BCUT2D eigenvalue weighted by Gasteiger charge is -2.07. The summed E-state index contributed by atoms with van der Waals surface area (Å²) in [5.74, 6) is 0.646. The van der Waals surface area contributed by atoms with Crippen molar-refractivity contribution < 1.29 is 14.6 Å². The number of azo groups is 1. The second-order valence-electron chi connectivity index (χ2n) is 5.31. The van der Waals surface area contributed by atoms with E-state index in [1.165, 1.54) is 6.07 Å². The molecular weight excluding hydrogens is 344 g/mol. The van der Waals surface area contributed by atoms with E-state index >= 15 is 0 Å². The van der Waals surface area contributed by atoms with E-state index < -0.39 is 0 Å². The minimum Gasteiger partial charge on any atom is -0.506 e. The summed E-state index contributed by atoms with van der Waals surface area (Å²) in [6.45, 7) is 0.347. The first-order chi connectivity index (χ1) is 13.3. The van der Waals surface area contributed by atoms with Crippen molar-refractivity contribution in [1.82, 2.24) is 0 Å². The van der Waals surface area contributed by atoms with Crippen LogP contribution in [0.3, 0.4) is 0 Å².